The first-order valence-corrected chi connectivity index (χ1v) is 6.26. The van der Waals surface area contributed by atoms with E-state index in [1.165, 1.54) is 11.1 Å². The molecule has 0 spiro atoms. The molecule has 0 saturated carbocycles. The van der Waals surface area contributed by atoms with Gasteiger partial charge >= 0.3 is 6.43 Å². The summed E-state index contributed by atoms with van der Waals surface area (Å²) in [5.74, 6) is -1.04. The molecule has 1 aromatic carbocycles. The zero-order valence-electron chi connectivity index (χ0n) is 10.3. The summed E-state index contributed by atoms with van der Waals surface area (Å²) in [6.45, 7) is 1.80. The first kappa shape index (κ1) is 13.0. The van der Waals surface area contributed by atoms with Crippen LogP contribution in [0.5, 0.6) is 0 Å². The Morgan fingerprint density at radius 2 is 2.11 bits per heavy atom. The molecule has 1 N–H and O–H groups in total. The molecule has 0 radical (unpaired) electrons. The van der Waals surface area contributed by atoms with E-state index < -0.39 is 12.3 Å². The average Bonchev–Trinajstić information content (AvgIpc) is 2.37. The number of halogens is 2. The third-order valence-corrected chi connectivity index (χ3v) is 3.59. The summed E-state index contributed by atoms with van der Waals surface area (Å²) in [5.41, 5.74) is 2.46. The fraction of sp³-hybridized carbons (Fsp3) is 0.500. The van der Waals surface area contributed by atoms with Crippen molar-refractivity contribution in [3.8, 4) is 0 Å². The molecule has 1 aliphatic rings. The molecule has 98 valence electrons. The van der Waals surface area contributed by atoms with Gasteiger partial charge in [0.25, 0.3) is 5.91 Å². The van der Waals surface area contributed by atoms with Crippen LogP contribution in [0, 0.1) is 0 Å². The number of hydrogen-bond acceptors (Lipinski definition) is 1. The molecule has 2 rings (SSSR count). The van der Waals surface area contributed by atoms with Crippen molar-refractivity contribution in [1.29, 1.82) is 0 Å². The second-order valence-corrected chi connectivity index (χ2v) is 4.80. The largest absolute Gasteiger partial charge is 0.348 e. The summed E-state index contributed by atoms with van der Waals surface area (Å²) >= 11 is 0. The van der Waals surface area contributed by atoms with E-state index in [0.29, 0.717) is 0 Å². The highest BCUT2D eigenvalue weighted by atomic mass is 19.3. The van der Waals surface area contributed by atoms with Crippen molar-refractivity contribution in [1.82, 2.24) is 5.32 Å². The fourth-order valence-electron chi connectivity index (χ4n) is 2.70. The average molecular weight is 253 g/mol. The molecular weight excluding hydrogens is 236 g/mol. The Morgan fingerprint density at radius 1 is 1.39 bits per heavy atom. The molecule has 0 aliphatic heterocycles. The molecule has 1 amide bonds. The van der Waals surface area contributed by atoms with E-state index in [2.05, 4.69) is 11.4 Å². The topological polar surface area (TPSA) is 29.1 Å². The van der Waals surface area contributed by atoms with Crippen LogP contribution >= 0.6 is 0 Å². The van der Waals surface area contributed by atoms with E-state index >= 15 is 0 Å². The molecule has 0 aromatic heterocycles. The second kappa shape index (κ2) is 5.46. The lowest BCUT2D eigenvalue weighted by Crippen LogP contribution is -2.41. The van der Waals surface area contributed by atoms with Gasteiger partial charge in [0.15, 0.2) is 0 Å². The van der Waals surface area contributed by atoms with E-state index in [9.17, 15) is 13.6 Å². The van der Waals surface area contributed by atoms with Crippen LogP contribution in [-0.4, -0.2) is 18.4 Å². The lowest BCUT2D eigenvalue weighted by atomic mass is 9.79. The van der Waals surface area contributed by atoms with Gasteiger partial charge in [-0.05, 0) is 37.3 Å². The number of rotatable bonds is 3. The highest BCUT2D eigenvalue weighted by Gasteiger charge is 2.27. The lowest BCUT2D eigenvalue weighted by Gasteiger charge is -2.30. The maximum Gasteiger partial charge on any atom is 0.315 e. The summed E-state index contributed by atoms with van der Waals surface area (Å²) < 4.78 is 24.5. The normalized spacial score (nSPS) is 20.3. The van der Waals surface area contributed by atoms with Crippen LogP contribution in [-0.2, 0) is 11.2 Å². The van der Waals surface area contributed by atoms with Crippen LogP contribution in [0.1, 0.15) is 36.8 Å². The maximum atomic E-state index is 12.2. The van der Waals surface area contributed by atoms with Crippen LogP contribution in [0.4, 0.5) is 8.78 Å². The summed E-state index contributed by atoms with van der Waals surface area (Å²) in [7, 11) is 0. The van der Waals surface area contributed by atoms with E-state index in [1.54, 1.807) is 6.92 Å². The van der Waals surface area contributed by atoms with Gasteiger partial charge in [-0.2, -0.15) is 8.78 Å². The van der Waals surface area contributed by atoms with Gasteiger partial charge in [-0.3, -0.25) is 4.79 Å². The van der Waals surface area contributed by atoms with Gasteiger partial charge in [0, 0.05) is 12.0 Å². The quantitative estimate of drug-likeness (QED) is 0.881. The van der Waals surface area contributed by atoms with Gasteiger partial charge in [0.2, 0.25) is 0 Å². The first-order valence-electron chi connectivity index (χ1n) is 6.26. The minimum absolute atomic E-state index is 0.137. The molecule has 0 heterocycles. The number of alkyl halides is 2. The van der Waals surface area contributed by atoms with E-state index in [4.69, 9.17) is 0 Å². The Balaban J connectivity index is 2.12. The Morgan fingerprint density at radius 3 is 2.83 bits per heavy atom. The summed E-state index contributed by atoms with van der Waals surface area (Å²) in [6.07, 6.45) is 0.0618. The third-order valence-electron chi connectivity index (χ3n) is 3.59. The standard InChI is InChI=1S/C14H17F2NO/c1-9(17-14(18)13(15)16)11-8-4-6-10-5-2-3-7-12(10)11/h2-3,5,7,9,11,13H,4,6,8H2,1H3,(H,17,18)/t9-,11+/m0/s1. The third kappa shape index (κ3) is 2.68. The predicted octanol–water partition coefficient (Wildman–Crippen LogP) is 2.88. The Labute approximate surface area is 105 Å². The van der Waals surface area contributed by atoms with Crippen molar-refractivity contribution in [3.05, 3.63) is 35.4 Å². The van der Waals surface area contributed by atoms with Gasteiger partial charge in [-0.1, -0.05) is 24.3 Å². The number of hydrogen-bond donors (Lipinski definition) is 1. The number of benzene rings is 1. The molecule has 0 bridgehead atoms. The van der Waals surface area contributed by atoms with Crippen molar-refractivity contribution >= 4 is 5.91 Å². The molecular formula is C14H17F2NO. The smallest absolute Gasteiger partial charge is 0.315 e. The molecule has 2 nitrogen and oxygen atoms in total. The van der Waals surface area contributed by atoms with Crippen LogP contribution in [0.2, 0.25) is 0 Å². The minimum atomic E-state index is -2.94. The van der Waals surface area contributed by atoms with Crippen LogP contribution in [0.15, 0.2) is 24.3 Å². The summed E-state index contributed by atoms with van der Waals surface area (Å²) in [4.78, 5) is 11.0. The molecule has 4 heteroatoms. The second-order valence-electron chi connectivity index (χ2n) is 4.80. The van der Waals surface area contributed by atoms with Crippen LogP contribution in [0.3, 0.4) is 0 Å². The van der Waals surface area contributed by atoms with E-state index in [-0.39, 0.29) is 12.0 Å². The molecule has 0 unspecified atom stereocenters. The SMILES string of the molecule is C[C@H](NC(=O)C(F)F)[C@H]1CCCc2ccccc21. The van der Waals surface area contributed by atoms with E-state index in [1.807, 2.05) is 18.2 Å². The van der Waals surface area contributed by atoms with Crippen molar-refractivity contribution in [3.63, 3.8) is 0 Å². The monoisotopic (exact) mass is 253 g/mol. The molecule has 2 atom stereocenters. The number of aryl methyl sites for hydroxylation is 1. The van der Waals surface area contributed by atoms with Gasteiger partial charge in [0.1, 0.15) is 0 Å². The van der Waals surface area contributed by atoms with E-state index in [0.717, 1.165) is 19.3 Å². The Bertz CT molecular complexity index is 434. The maximum absolute atomic E-state index is 12.2. The molecule has 18 heavy (non-hydrogen) atoms. The highest BCUT2D eigenvalue weighted by Crippen LogP contribution is 2.33. The fourth-order valence-corrected chi connectivity index (χ4v) is 2.70. The van der Waals surface area contributed by atoms with Crippen molar-refractivity contribution in [2.75, 3.05) is 0 Å². The highest BCUT2D eigenvalue weighted by molar-refractivity contribution is 5.79. The summed E-state index contributed by atoms with van der Waals surface area (Å²) in [6, 6.07) is 7.79. The van der Waals surface area contributed by atoms with Crippen LogP contribution in [0.25, 0.3) is 0 Å². The Kier molecular flexibility index (Phi) is 3.94. The molecule has 1 aromatic rings. The predicted molar refractivity (Wildman–Crippen MR) is 65.7 cm³/mol. The molecule has 0 fully saturated rings. The van der Waals surface area contributed by atoms with Gasteiger partial charge in [-0.15, -0.1) is 0 Å². The van der Waals surface area contributed by atoms with Crippen molar-refractivity contribution in [2.24, 2.45) is 0 Å². The van der Waals surface area contributed by atoms with Crippen molar-refractivity contribution < 1.29 is 13.6 Å². The zero-order chi connectivity index (χ0) is 13.1. The Hall–Kier alpha value is -1.45. The minimum Gasteiger partial charge on any atom is -0.348 e. The van der Waals surface area contributed by atoms with Crippen molar-refractivity contribution in [2.45, 2.75) is 44.6 Å². The molecule has 1 aliphatic carbocycles. The lowest BCUT2D eigenvalue weighted by molar-refractivity contribution is -0.132. The number of carbonyl (C=O) groups excluding carboxylic acids is 1. The summed E-state index contributed by atoms with van der Waals surface area (Å²) in [5, 5.41) is 2.40. The molecule has 0 saturated heterocycles. The number of fused-ring (bicyclic) bond motifs is 1. The zero-order valence-corrected chi connectivity index (χ0v) is 10.3. The number of amides is 1. The van der Waals surface area contributed by atoms with Gasteiger partial charge < -0.3 is 5.32 Å². The number of nitrogens with one attached hydrogen (secondary N) is 1. The number of carbonyl (C=O) groups is 1. The van der Waals surface area contributed by atoms with Crippen LogP contribution < -0.4 is 5.32 Å². The van der Waals surface area contributed by atoms with Gasteiger partial charge in [0.05, 0.1) is 0 Å². The first-order chi connectivity index (χ1) is 8.59. The van der Waals surface area contributed by atoms with Gasteiger partial charge in [-0.25, -0.2) is 0 Å².